The summed E-state index contributed by atoms with van der Waals surface area (Å²) < 4.78 is 26.8. The van der Waals surface area contributed by atoms with Crippen molar-refractivity contribution in [2.45, 2.75) is 69.6 Å². The molecule has 4 aromatic carbocycles. The minimum atomic E-state index is -1.52. The number of nitrogens with zero attached hydrogens (tertiary/aromatic N) is 3. The van der Waals surface area contributed by atoms with Gasteiger partial charge in [-0.3, -0.25) is 14.9 Å². The van der Waals surface area contributed by atoms with Gasteiger partial charge in [0.15, 0.2) is 0 Å². The number of amides is 1. The van der Waals surface area contributed by atoms with E-state index >= 15 is 0 Å². The van der Waals surface area contributed by atoms with Crippen molar-refractivity contribution in [3.63, 3.8) is 0 Å². The minimum Gasteiger partial charge on any atom is -0.459 e. The molecule has 1 fully saturated rings. The lowest BCUT2D eigenvalue weighted by molar-refractivity contribution is -0.384. The number of aliphatic hydroxyl groups excluding tert-OH is 3. The van der Waals surface area contributed by atoms with Gasteiger partial charge in [-0.15, -0.1) is 6.58 Å². The Labute approximate surface area is 398 Å². The molecule has 1 aliphatic heterocycles. The molecule has 0 bridgehead atoms. The van der Waals surface area contributed by atoms with Crippen LogP contribution in [0.2, 0.25) is 0 Å². The predicted molar refractivity (Wildman–Crippen MR) is 260 cm³/mol. The number of ether oxygens (including phenoxy) is 4. The highest BCUT2D eigenvalue weighted by Gasteiger charge is 2.65. The standard InChI is InChI=1S/C54H63N3O11/c1-3-32-65-54-50(56(28-33-64-34-31-60)51(61)27-18-38-16-21-42(22-17-38)57(62)63)37-48(55-66-4-2)46-35-41(14-8-10-29-58)45(15-9-11-30-59)52(53(46)54)47-36-44(25-26-49(47)68-54)67-43-23-19-40(20-24-43)39-12-6-5-7-13-39/h3,5-7,12-13,16-27,35-36,41,45,50,52-53,58-60H,1,4,8-11,14-15,28-34,37H2,2H3/t41-,45+,50-,52+,53+,54+/m0/s1. The first-order valence-corrected chi connectivity index (χ1v) is 23.7. The highest BCUT2D eigenvalue weighted by Crippen LogP contribution is 2.62. The topological polar surface area (TPSA) is 183 Å². The first-order valence-electron chi connectivity index (χ1n) is 23.7. The highest BCUT2D eigenvalue weighted by atomic mass is 16.7. The molecule has 68 heavy (non-hydrogen) atoms. The Bertz CT molecular complexity index is 2390. The van der Waals surface area contributed by atoms with E-state index < -0.39 is 28.6 Å². The van der Waals surface area contributed by atoms with Gasteiger partial charge in [0, 0.05) is 55.9 Å². The van der Waals surface area contributed by atoms with E-state index in [1.165, 1.54) is 18.2 Å². The number of nitro groups is 1. The van der Waals surface area contributed by atoms with E-state index in [0.29, 0.717) is 48.0 Å². The van der Waals surface area contributed by atoms with Crippen LogP contribution in [0.25, 0.3) is 17.2 Å². The smallest absolute Gasteiger partial charge is 0.269 e. The maximum atomic E-state index is 14.9. The number of hydrogen-bond acceptors (Lipinski definition) is 12. The van der Waals surface area contributed by atoms with Gasteiger partial charge in [-0.1, -0.05) is 72.6 Å². The third-order valence-corrected chi connectivity index (χ3v) is 13.0. The van der Waals surface area contributed by atoms with Crippen LogP contribution in [0, 0.1) is 27.9 Å². The molecule has 360 valence electrons. The summed E-state index contributed by atoms with van der Waals surface area (Å²) in [5.41, 5.74) is 5.15. The van der Waals surface area contributed by atoms with Crippen LogP contribution in [0.5, 0.6) is 17.2 Å². The Balaban J connectivity index is 1.38. The van der Waals surface area contributed by atoms with Crippen molar-refractivity contribution in [1.29, 1.82) is 0 Å². The molecule has 1 amide bonds. The Morgan fingerprint density at radius 2 is 1.63 bits per heavy atom. The number of oxime groups is 1. The fourth-order valence-corrected chi connectivity index (χ4v) is 10.1. The average Bonchev–Trinajstić information content (AvgIpc) is 3.36. The van der Waals surface area contributed by atoms with Gasteiger partial charge >= 0.3 is 0 Å². The monoisotopic (exact) mass is 929 g/mol. The molecule has 14 nitrogen and oxygen atoms in total. The van der Waals surface area contributed by atoms with Gasteiger partial charge in [-0.2, -0.15) is 0 Å². The van der Waals surface area contributed by atoms with Crippen LogP contribution < -0.4 is 9.47 Å². The van der Waals surface area contributed by atoms with E-state index in [0.717, 1.165) is 47.9 Å². The Morgan fingerprint density at radius 1 is 0.912 bits per heavy atom. The quantitative estimate of drug-likeness (QED) is 0.0189. The van der Waals surface area contributed by atoms with E-state index in [2.05, 4.69) is 30.9 Å². The number of non-ortho nitro benzene ring substituents is 1. The van der Waals surface area contributed by atoms with Gasteiger partial charge in [-0.25, -0.2) is 0 Å². The van der Waals surface area contributed by atoms with Crippen molar-refractivity contribution in [3.05, 3.63) is 149 Å². The number of allylic oxidation sites excluding steroid dienone is 1. The van der Waals surface area contributed by atoms with Crippen LogP contribution in [-0.2, 0) is 19.1 Å². The molecule has 0 saturated heterocycles. The van der Waals surface area contributed by atoms with Gasteiger partial charge in [0.05, 0.1) is 43.0 Å². The van der Waals surface area contributed by atoms with E-state index in [4.69, 9.17) is 28.9 Å². The summed E-state index contributed by atoms with van der Waals surface area (Å²) in [6.45, 7) is 6.44. The van der Waals surface area contributed by atoms with Gasteiger partial charge < -0.3 is 44.0 Å². The molecule has 0 aromatic heterocycles. The number of unbranched alkanes of at least 4 members (excludes halogenated alkanes) is 2. The van der Waals surface area contributed by atoms with Crippen molar-refractivity contribution in [3.8, 4) is 28.4 Å². The fourth-order valence-electron chi connectivity index (χ4n) is 10.1. The molecule has 0 unspecified atom stereocenters. The third kappa shape index (κ3) is 11.6. The summed E-state index contributed by atoms with van der Waals surface area (Å²) in [4.78, 5) is 33.3. The van der Waals surface area contributed by atoms with E-state index in [9.17, 15) is 30.2 Å². The summed E-state index contributed by atoms with van der Waals surface area (Å²) in [5, 5.41) is 45.7. The summed E-state index contributed by atoms with van der Waals surface area (Å²) in [6.07, 6.45) is 11.5. The lowest BCUT2D eigenvalue weighted by Gasteiger charge is -2.60. The molecule has 7 rings (SSSR count). The molecule has 6 atom stereocenters. The fraction of sp³-hybridized carbons (Fsp3) is 0.407. The number of carbonyl (C=O) groups is 1. The molecule has 1 heterocycles. The normalized spacial score (nSPS) is 22.1. The third-order valence-electron chi connectivity index (χ3n) is 13.0. The molecule has 0 spiro atoms. The van der Waals surface area contributed by atoms with Crippen LogP contribution in [0.1, 0.15) is 68.9 Å². The molecule has 3 N–H and O–H groups in total. The van der Waals surface area contributed by atoms with Crippen molar-refractivity contribution in [1.82, 2.24) is 4.90 Å². The SMILES string of the molecule is C=CCO[C@@]12Oc3ccc(Oc4ccc(-c5ccccc5)cc4)cc3[C@H]3[C@H](CCCCO)[C@@H](CCCCO)C=C(C(=NOCC)C[C@@H]1N(CCOCCO)C(=O)C=Cc1ccc([N+](=O)[O-])cc1)[C@H]32. The second-order valence-corrected chi connectivity index (χ2v) is 17.2. The first kappa shape index (κ1) is 49.7. The molecule has 1 saturated carbocycles. The maximum Gasteiger partial charge on any atom is 0.269 e. The van der Waals surface area contributed by atoms with Crippen molar-refractivity contribution in [2.75, 3.05) is 52.8 Å². The minimum absolute atomic E-state index is 0.00470. The van der Waals surface area contributed by atoms with Gasteiger partial charge in [-0.05, 0) is 115 Å². The zero-order chi connectivity index (χ0) is 47.9. The number of carbonyl (C=O) groups excluding carboxylic acids is 1. The summed E-state index contributed by atoms with van der Waals surface area (Å²) in [5.74, 6) is -0.849. The number of benzene rings is 4. The molecular formula is C54H63N3O11. The van der Waals surface area contributed by atoms with Crippen LogP contribution in [-0.4, -0.2) is 101 Å². The van der Waals surface area contributed by atoms with Crippen LogP contribution in [0.4, 0.5) is 5.69 Å². The Hall–Kier alpha value is -6.16. The van der Waals surface area contributed by atoms with Crippen molar-refractivity contribution in [2.24, 2.45) is 22.9 Å². The van der Waals surface area contributed by atoms with Crippen molar-refractivity contribution >= 4 is 23.4 Å². The number of nitro benzene ring substituents is 1. The molecular weight excluding hydrogens is 867 g/mol. The average molecular weight is 930 g/mol. The zero-order valence-corrected chi connectivity index (χ0v) is 38.7. The van der Waals surface area contributed by atoms with E-state index in [1.807, 2.05) is 61.5 Å². The van der Waals surface area contributed by atoms with E-state index in [1.54, 1.807) is 29.2 Å². The number of aliphatic hydroxyl groups is 3. The number of fused-ring (bicyclic) bond motifs is 2. The van der Waals surface area contributed by atoms with Crippen LogP contribution in [0.3, 0.4) is 0 Å². The lowest BCUT2D eigenvalue weighted by atomic mass is 9.55. The Morgan fingerprint density at radius 3 is 2.32 bits per heavy atom. The molecule has 4 aromatic rings. The molecule has 3 aliphatic rings. The van der Waals surface area contributed by atoms with Crippen LogP contribution in [0.15, 0.2) is 133 Å². The first-order chi connectivity index (χ1) is 33.2. The summed E-state index contributed by atoms with van der Waals surface area (Å²) >= 11 is 0. The molecule has 2 aliphatic carbocycles. The predicted octanol–water partition coefficient (Wildman–Crippen LogP) is 9.26. The van der Waals surface area contributed by atoms with Gasteiger partial charge in [0.1, 0.15) is 29.9 Å². The van der Waals surface area contributed by atoms with Gasteiger partial charge in [0.25, 0.3) is 5.69 Å². The number of rotatable bonds is 25. The second kappa shape index (κ2) is 24.2. The largest absolute Gasteiger partial charge is 0.459 e. The Kier molecular flexibility index (Phi) is 17.7. The zero-order valence-electron chi connectivity index (χ0n) is 38.7. The summed E-state index contributed by atoms with van der Waals surface area (Å²) in [6, 6.07) is 29.1. The maximum absolute atomic E-state index is 14.9. The van der Waals surface area contributed by atoms with Gasteiger partial charge in [0.2, 0.25) is 11.7 Å². The number of hydrogen-bond donors (Lipinski definition) is 3. The van der Waals surface area contributed by atoms with E-state index in [-0.39, 0.29) is 76.0 Å². The molecule has 14 heteroatoms. The lowest BCUT2D eigenvalue weighted by Crippen LogP contribution is -2.70. The van der Waals surface area contributed by atoms with Crippen molar-refractivity contribution < 1.29 is 48.8 Å². The second-order valence-electron chi connectivity index (χ2n) is 17.2. The molecule has 0 radical (unpaired) electrons. The summed E-state index contributed by atoms with van der Waals surface area (Å²) in [7, 11) is 0. The van der Waals surface area contributed by atoms with Crippen LogP contribution >= 0.6 is 0 Å². The highest BCUT2D eigenvalue weighted by molar-refractivity contribution is 6.03.